The normalized spacial score (nSPS) is 10.9. The monoisotopic (exact) mass is 176 g/mol. The molecule has 0 unspecified atom stereocenters. The molecule has 1 aromatic carbocycles. The fourth-order valence-corrected chi connectivity index (χ4v) is 1.03. The van der Waals surface area contributed by atoms with E-state index in [0.29, 0.717) is 16.8 Å². The summed E-state index contributed by atoms with van der Waals surface area (Å²) in [7, 11) is 0. The largest absolute Gasteiger partial charge is 0.398 e. The van der Waals surface area contributed by atoms with E-state index in [2.05, 4.69) is 0 Å². The Hall–Kier alpha value is -1.53. The molecule has 0 aromatic heterocycles. The van der Waals surface area contributed by atoms with Crippen molar-refractivity contribution in [1.82, 2.24) is 0 Å². The summed E-state index contributed by atoms with van der Waals surface area (Å²) < 4.78 is 0. The van der Waals surface area contributed by atoms with Crippen molar-refractivity contribution in [3.05, 3.63) is 29.3 Å². The van der Waals surface area contributed by atoms with Gasteiger partial charge < -0.3 is 10.8 Å². The van der Waals surface area contributed by atoms with E-state index in [-0.39, 0.29) is 0 Å². The molecule has 0 fully saturated rings. The van der Waals surface area contributed by atoms with Gasteiger partial charge in [0.1, 0.15) is 6.07 Å². The lowest BCUT2D eigenvalue weighted by molar-refractivity contribution is 0.0786. The summed E-state index contributed by atoms with van der Waals surface area (Å²) in [4.78, 5) is 0. The van der Waals surface area contributed by atoms with E-state index >= 15 is 0 Å². The molecular formula is C10H12N2O. The van der Waals surface area contributed by atoms with E-state index < -0.39 is 5.60 Å². The van der Waals surface area contributed by atoms with Gasteiger partial charge in [-0.2, -0.15) is 5.26 Å². The lowest BCUT2D eigenvalue weighted by Gasteiger charge is -2.18. The highest BCUT2D eigenvalue weighted by atomic mass is 16.3. The molecule has 1 rings (SSSR count). The number of anilines is 1. The van der Waals surface area contributed by atoms with Crippen LogP contribution in [0.3, 0.4) is 0 Å². The highest BCUT2D eigenvalue weighted by molar-refractivity contribution is 5.55. The van der Waals surface area contributed by atoms with Crippen LogP contribution in [0.5, 0.6) is 0 Å². The van der Waals surface area contributed by atoms with Crippen LogP contribution < -0.4 is 5.73 Å². The number of nitriles is 1. The van der Waals surface area contributed by atoms with Crippen LogP contribution >= 0.6 is 0 Å². The number of aliphatic hydroxyl groups is 1. The first-order valence-corrected chi connectivity index (χ1v) is 3.97. The van der Waals surface area contributed by atoms with Crippen molar-refractivity contribution < 1.29 is 5.11 Å². The summed E-state index contributed by atoms with van der Waals surface area (Å²) in [6.07, 6.45) is 0. The second-order valence-corrected chi connectivity index (χ2v) is 3.47. The summed E-state index contributed by atoms with van der Waals surface area (Å²) in [5, 5.41) is 18.3. The van der Waals surface area contributed by atoms with Crippen LogP contribution in [0, 0.1) is 11.3 Å². The highest BCUT2D eigenvalue weighted by Crippen LogP contribution is 2.22. The zero-order valence-electron chi connectivity index (χ0n) is 7.70. The molecule has 0 amide bonds. The average Bonchev–Trinajstić information content (AvgIpc) is 2.03. The van der Waals surface area contributed by atoms with Crippen LogP contribution in [0.25, 0.3) is 0 Å². The number of nitrogens with zero attached hydrogens (tertiary/aromatic N) is 1. The van der Waals surface area contributed by atoms with Crippen LogP contribution in [0.2, 0.25) is 0 Å². The van der Waals surface area contributed by atoms with Crippen molar-refractivity contribution in [1.29, 1.82) is 5.26 Å². The summed E-state index contributed by atoms with van der Waals surface area (Å²) in [5.41, 5.74) is 6.14. The number of rotatable bonds is 1. The Morgan fingerprint density at radius 2 is 2.08 bits per heavy atom. The molecule has 0 atom stereocenters. The zero-order chi connectivity index (χ0) is 10.1. The topological polar surface area (TPSA) is 70.0 Å². The van der Waals surface area contributed by atoms with Gasteiger partial charge in [0.15, 0.2) is 0 Å². The molecule has 0 saturated carbocycles. The van der Waals surface area contributed by atoms with Crippen LogP contribution in [0.1, 0.15) is 25.0 Å². The van der Waals surface area contributed by atoms with Crippen molar-refractivity contribution >= 4 is 5.69 Å². The molecule has 0 spiro atoms. The second-order valence-electron chi connectivity index (χ2n) is 3.47. The minimum Gasteiger partial charge on any atom is -0.398 e. The molecular weight excluding hydrogens is 164 g/mol. The maximum atomic E-state index is 9.65. The van der Waals surface area contributed by atoms with Gasteiger partial charge in [0.25, 0.3) is 0 Å². The Balaban J connectivity index is 3.24. The van der Waals surface area contributed by atoms with E-state index in [0.717, 1.165) is 0 Å². The summed E-state index contributed by atoms with van der Waals surface area (Å²) in [6.45, 7) is 3.33. The van der Waals surface area contributed by atoms with E-state index in [1.165, 1.54) is 0 Å². The third-order valence-corrected chi connectivity index (χ3v) is 1.88. The highest BCUT2D eigenvalue weighted by Gasteiger charge is 2.16. The molecule has 3 N–H and O–H groups in total. The van der Waals surface area contributed by atoms with Gasteiger partial charge in [0.05, 0.1) is 11.2 Å². The predicted octanol–water partition coefficient (Wildman–Crippen LogP) is 1.37. The van der Waals surface area contributed by atoms with Crippen LogP contribution in [0.15, 0.2) is 18.2 Å². The Labute approximate surface area is 77.4 Å². The average molecular weight is 176 g/mol. The number of nitrogens with two attached hydrogens (primary N) is 1. The fourth-order valence-electron chi connectivity index (χ4n) is 1.03. The van der Waals surface area contributed by atoms with Crippen LogP contribution in [-0.4, -0.2) is 5.11 Å². The van der Waals surface area contributed by atoms with Crippen LogP contribution in [-0.2, 0) is 5.60 Å². The van der Waals surface area contributed by atoms with Gasteiger partial charge in [-0.3, -0.25) is 0 Å². The zero-order valence-corrected chi connectivity index (χ0v) is 7.70. The van der Waals surface area contributed by atoms with Gasteiger partial charge in [-0.05, 0) is 31.5 Å². The molecule has 0 aliphatic heterocycles. The van der Waals surface area contributed by atoms with Crippen molar-refractivity contribution in [2.45, 2.75) is 19.4 Å². The minimum atomic E-state index is -0.931. The summed E-state index contributed by atoms with van der Waals surface area (Å²) >= 11 is 0. The Morgan fingerprint density at radius 3 is 2.54 bits per heavy atom. The predicted molar refractivity (Wildman–Crippen MR) is 50.8 cm³/mol. The first kappa shape index (κ1) is 9.56. The summed E-state index contributed by atoms with van der Waals surface area (Å²) in [6, 6.07) is 6.93. The third-order valence-electron chi connectivity index (χ3n) is 1.88. The molecule has 13 heavy (non-hydrogen) atoms. The number of hydrogen-bond acceptors (Lipinski definition) is 3. The van der Waals surface area contributed by atoms with Gasteiger partial charge in [0.2, 0.25) is 0 Å². The lowest BCUT2D eigenvalue weighted by atomic mass is 9.96. The van der Waals surface area contributed by atoms with Gasteiger partial charge >= 0.3 is 0 Å². The number of benzene rings is 1. The SMILES string of the molecule is CC(C)(O)c1ccc(N)c(C#N)c1. The van der Waals surface area contributed by atoms with E-state index in [4.69, 9.17) is 11.0 Å². The molecule has 0 aliphatic rings. The molecule has 0 bridgehead atoms. The lowest BCUT2D eigenvalue weighted by Crippen LogP contribution is -2.15. The van der Waals surface area contributed by atoms with Crippen molar-refractivity contribution in [3.63, 3.8) is 0 Å². The maximum Gasteiger partial charge on any atom is 0.101 e. The maximum absolute atomic E-state index is 9.65. The Morgan fingerprint density at radius 1 is 1.46 bits per heavy atom. The number of hydrogen-bond donors (Lipinski definition) is 2. The van der Waals surface area contributed by atoms with Gasteiger partial charge in [-0.25, -0.2) is 0 Å². The minimum absolute atomic E-state index is 0.402. The molecule has 3 nitrogen and oxygen atoms in total. The molecule has 68 valence electrons. The molecule has 0 aliphatic carbocycles. The molecule has 0 saturated heterocycles. The van der Waals surface area contributed by atoms with Crippen molar-refractivity contribution in [2.75, 3.05) is 5.73 Å². The first-order valence-electron chi connectivity index (χ1n) is 3.97. The first-order chi connectivity index (χ1) is 5.95. The quantitative estimate of drug-likeness (QED) is 0.635. The van der Waals surface area contributed by atoms with Crippen LogP contribution in [0.4, 0.5) is 5.69 Å². The third kappa shape index (κ3) is 1.98. The van der Waals surface area contributed by atoms with Gasteiger partial charge in [-0.1, -0.05) is 6.07 Å². The summed E-state index contributed by atoms with van der Waals surface area (Å²) in [5.74, 6) is 0. The molecule has 1 aromatic rings. The Bertz CT molecular complexity index is 358. The molecule has 3 heteroatoms. The molecule has 0 radical (unpaired) electrons. The van der Waals surface area contributed by atoms with E-state index in [9.17, 15) is 5.11 Å². The second kappa shape index (κ2) is 3.08. The molecule has 0 heterocycles. The van der Waals surface area contributed by atoms with E-state index in [1.54, 1.807) is 32.0 Å². The Kier molecular flexibility index (Phi) is 2.26. The van der Waals surface area contributed by atoms with Gasteiger partial charge in [-0.15, -0.1) is 0 Å². The smallest absolute Gasteiger partial charge is 0.101 e. The van der Waals surface area contributed by atoms with Gasteiger partial charge in [0, 0.05) is 5.69 Å². The standard InChI is InChI=1S/C10H12N2O/c1-10(2,13)8-3-4-9(12)7(5-8)6-11/h3-5,13H,12H2,1-2H3. The fraction of sp³-hybridized carbons (Fsp3) is 0.300. The van der Waals surface area contributed by atoms with Crippen molar-refractivity contribution in [3.8, 4) is 6.07 Å². The van der Waals surface area contributed by atoms with Crippen molar-refractivity contribution in [2.24, 2.45) is 0 Å². The number of nitrogen functional groups attached to an aromatic ring is 1. The van der Waals surface area contributed by atoms with E-state index in [1.807, 2.05) is 6.07 Å².